The summed E-state index contributed by atoms with van der Waals surface area (Å²) < 4.78 is 207. The van der Waals surface area contributed by atoms with Gasteiger partial charge in [-0.1, -0.05) is 30.3 Å². The zero-order chi connectivity index (χ0) is 71.2. The summed E-state index contributed by atoms with van der Waals surface area (Å²) in [6.07, 6.45) is -15.6. The van der Waals surface area contributed by atoms with Crippen molar-refractivity contribution >= 4 is 67.0 Å². The van der Waals surface area contributed by atoms with Gasteiger partial charge in [0, 0.05) is 82.4 Å². The number of aromatic nitrogens is 9. The lowest BCUT2D eigenvalue weighted by Crippen LogP contribution is -2.29. The molecule has 0 amide bonds. The fraction of sp³-hybridized carbons (Fsp3) is 0.234. The quantitative estimate of drug-likeness (QED) is 0.0418. The van der Waals surface area contributed by atoms with E-state index in [1.54, 1.807) is 74.5 Å². The maximum atomic E-state index is 13.1. The highest BCUT2D eigenvalue weighted by Gasteiger charge is 2.49. The van der Waals surface area contributed by atoms with E-state index in [1.807, 2.05) is 31.2 Å². The number of benzene rings is 5. The fourth-order valence-electron chi connectivity index (χ4n) is 10.4. The monoisotopic (exact) mass is 1380 g/mol. The molecule has 0 aliphatic rings. The highest BCUT2D eigenvalue weighted by Crippen LogP contribution is 2.40. The molecule has 0 aliphatic carbocycles. The highest BCUT2D eigenvalue weighted by atomic mass is 32.2. The van der Waals surface area contributed by atoms with E-state index in [-0.39, 0.29) is 41.1 Å². The van der Waals surface area contributed by atoms with Crippen LogP contribution in [0.2, 0.25) is 0 Å². The van der Waals surface area contributed by atoms with Crippen molar-refractivity contribution in [3.63, 3.8) is 0 Å². The van der Waals surface area contributed by atoms with Crippen molar-refractivity contribution in [2.45, 2.75) is 51.7 Å². The lowest BCUT2D eigenvalue weighted by Gasteiger charge is -2.12. The highest BCUT2D eigenvalue weighted by molar-refractivity contribution is 7.88. The molecule has 33 heteroatoms. The number of methoxy groups -OCH3 is 2. The number of hydrogen-bond acceptors (Lipinski definition) is 14. The van der Waals surface area contributed by atoms with Gasteiger partial charge in [0.1, 0.15) is 0 Å². The van der Waals surface area contributed by atoms with Gasteiger partial charge >= 0.3 is 58.3 Å². The van der Waals surface area contributed by atoms with Crippen LogP contribution in [0, 0.1) is 13.8 Å². The van der Waals surface area contributed by atoms with Crippen LogP contribution in [0.5, 0.6) is 5.88 Å². The van der Waals surface area contributed by atoms with E-state index < -0.39 is 81.2 Å². The van der Waals surface area contributed by atoms with Crippen LogP contribution in [-0.4, -0.2) is 109 Å². The van der Waals surface area contributed by atoms with Gasteiger partial charge in [-0.3, -0.25) is 14.0 Å². The number of rotatable bonds is 11. The topological polar surface area (TPSA) is 228 Å². The van der Waals surface area contributed by atoms with Crippen molar-refractivity contribution in [3.05, 3.63) is 167 Å². The molecule has 0 fully saturated rings. The first-order valence-corrected chi connectivity index (χ1v) is 29.8. The normalized spacial score (nSPS) is 12.1. The van der Waals surface area contributed by atoms with Crippen LogP contribution in [0.1, 0.15) is 62.8 Å². The van der Waals surface area contributed by atoms with Crippen LogP contribution in [0.4, 0.5) is 62.3 Å². The molecule has 11 rings (SSSR count). The number of esters is 2. The van der Waals surface area contributed by atoms with Gasteiger partial charge in [-0.15, -0.1) is 0 Å². The average Bonchev–Trinajstić information content (AvgIpc) is 1.62. The molecule has 0 saturated heterocycles. The second kappa shape index (κ2) is 26.7. The largest absolute Gasteiger partial charge is 0.534 e. The number of nitrogens with zero attached hydrogens (tertiary/aromatic N) is 8. The molecule has 11 aromatic rings. The van der Waals surface area contributed by atoms with Gasteiger partial charge in [0.15, 0.2) is 17.1 Å². The lowest BCUT2D eigenvalue weighted by molar-refractivity contribution is -0.142. The molecule has 0 bridgehead atoms. The molecule has 0 atom stereocenters. The predicted molar refractivity (Wildman–Crippen MR) is 327 cm³/mol. The maximum absolute atomic E-state index is 13.1. The van der Waals surface area contributed by atoms with E-state index >= 15 is 0 Å². The summed E-state index contributed by atoms with van der Waals surface area (Å²) in [7, 11) is 0.692. The number of carbonyl (C=O) groups is 4. The molecule has 0 aliphatic heterocycles. The third-order valence-corrected chi connectivity index (χ3v) is 15.8. The number of halogens is 12. The molecule has 5 aromatic carbocycles. The number of aryl methyl sites for hydroxylation is 5. The SMILES string of the molecule is CCOC(=O)n1c(-c2ccc(C(=O)OC)cc2C)cc2cc(-c3cc(C(F)(F)F)nn3C)ccc21.CCOC(=O)n1c(OS(=O)(=O)C(F)(F)F)cc2cc(-c3cc(C(F)(F)F)nn3C)ccc21.COC(=O)c1ccc(-c2cc3cc(-c4cc(C(F)(F)F)nn4C)ccc3[nH]2)c(C)c1. The van der Waals surface area contributed by atoms with Crippen LogP contribution in [0.25, 0.3) is 89.0 Å². The van der Waals surface area contributed by atoms with E-state index in [4.69, 9.17) is 18.9 Å². The Bertz CT molecular complexity index is 4990. The zero-order valence-electron chi connectivity index (χ0n) is 52.1. The van der Waals surface area contributed by atoms with Crippen molar-refractivity contribution in [2.75, 3.05) is 27.4 Å². The maximum Gasteiger partial charge on any atom is 0.534 e. The third-order valence-electron chi connectivity index (χ3n) is 14.8. The minimum absolute atomic E-state index is 0.00214. The van der Waals surface area contributed by atoms with Gasteiger partial charge < -0.3 is 28.1 Å². The summed E-state index contributed by atoms with van der Waals surface area (Å²) in [5.74, 6) is -1.89. The Morgan fingerprint density at radius 3 is 1.28 bits per heavy atom. The Morgan fingerprint density at radius 2 is 0.876 bits per heavy atom. The number of carbonyl (C=O) groups excluding carboxylic acids is 4. The summed E-state index contributed by atoms with van der Waals surface area (Å²) in [6, 6.07) is 31.6. The standard InChI is InChI=1S/C25H22F3N3O4.C22H18F3N3O2.C17H13F6N3O5S/c1-5-35-24(33)31-19-9-7-15(20-13-22(25(26,27)28)29-30(20)3)11-17(19)12-21(31)18-8-6-16(10-14(18)2)23(32)34-4;1-12-8-14(21(29)30-3)4-6-16(12)18-10-15-9-13(5-7-17(15)26-18)19-11-20(22(23,24)25)27-28(19)2;1-3-30-15(27)26-11-5-4-9(12-8-13(16(18,19)20)24-25(12)2)6-10(11)7-14(26)31-32(28,29)17(21,22)23/h6-13H,5H2,1-4H3;4-11,26H,1-3H3;4-8H,3H2,1-2H3. The minimum Gasteiger partial charge on any atom is -0.465 e. The second-order valence-electron chi connectivity index (χ2n) is 21.2. The third kappa shape index (κ3) is 14.7. The van der Waals surface area contributed by atoms with Gasteiger partial charge in [-0.2, -0.15) is 76.4 Å². The van der Waals surface area contributed by atoms with Crippen LogP contribution in [0.15, 0.2) is 127 Å². The lowest BCUT2D eigenvalue weighted by atomic mass is 10.0. The number of hydrogen-bond donors (Lipinski definition) is 1. The molecule has 1 N–H and O–H groups in total. The predicted octanol–water partition coefficient (Wildman–Crippen LogP) is 15.5. The molecule has 0 unspecified atom stereocenters. The molecule has 0 radical (unpaired) electrons. The van der Waals surface area contributed by atoms with Crippen molar-refractivity contribution in [3.8, 4) is 62.2 Å². The van der Waals surface area contributed by atoms with Gasteiger partial charge in [0.2, 0.25) is 5.88 Å². The van der Waals surface area contributed by atoms with E-state index in [2.05, 4.69) is 24.5 Å². The van der Waals surface area contributed by atoms with E-state index in [0.29, 0.717) is 54.7 Å². The number of H-pyrrole nitrogens is 1. The fourth-order valence-corrected chi connectivity index (χ4v) is 10.8. The minimum atomic E-state index is -6.12. The van der Waals surface area contributed by atoms with Gasteiger partial charge in [-0.05, 0) is 130 Å². The van der Waals surface area contributed by atoms with Gasteiger partial charge in [0.25, 0.3) is 0 Å². The van der Waals surface area contributed by atoms with Crippen LogP contribution >= 0.6 is 0 Å². The van der Waals surface area contributed by atoms with Crippen molar-refractivity contribution in [2.24, 2.45) is 21.1 Å². The molecular formula is C64H53F12N9O11S. The Labute approximate surface area is 541 Å². The van der Waals surface area contributed by atoms with Crippen molar-refractivity contribution < 1.29 is 103 Å². The molecular weight excluding hydrogens is 1330 g/mol. The summed E-state index contributed by atoms with van der Waals surface area (Å²) >= 11 is 0. The van der Waals surface area contributed by atoms with Crippen LogP contribution in [0.3, 0.4) is 0 Å². The number of fused-ring (bicyclic) bond motifs is 3. The molecule has 0 spiro atoms. The molecule has 6 aromatic heterocycles. The Kier molecular flexibility index (Phi) is 19.4. The average molecular weight is 1380 g/mol. The molecule has 20 nitrogen and oxygen atoms in total. The Hall–Kier alpha value is -10.9. The van der Waals surface area contributed by atoms with Crippen molar-refractivity contribution in [1.82, 2.24) is 43.5 Å². The van der Waals surface area contributed by atoms with Crippen LogP contribution < -0.4 is 4.18 Å². The zero-order valence-corrected chi connectivity index (χ0v) is 52.9. The smallest absolute Gasteiger partial charge is 0.465 e. The summed E-state index contributed by atoms with van der Waals surface area (Å²) in [4.78, 5) is 52.1. The molecule has 0 saturated carbocycles. The Morgan fingerprint density at radius 1 is 0.474 bits per heavy atom. The molecule has 6 heterocycles. The second-order valence-corrected chi connectivity index (χ2v) is 22.8. The number of alkyl halides is 12. The first kappa shape index (κ1) is 70.5. The molecule has 510 valence electrons. The Balaban J connectivity index is 0.000000171. The summed E-state index contributed by atoms with van der Waals surface area (Å²) in [5, 5.41) is 12.0. The summed E-state index contributed by atoms with van der Waals surface area (Å²) in [5.41, 5.74) is -0.173. The summed E-state index contributed by atoms with van der Waals surface area (Å²) in [6.45, 7) is 6.78. The van der Waals surface area contributed by atoms with Gasteiger partial charge in [0.05, 0.1) is 72.4 Å². The number of nitrogens with one attached hydrogen (secondary N) is 1. The van der Waals surface area contributed by atoms with Gasteiger partial charge in [-0.25, -0.2) is 28.3 Å². The van der Waals surface area contributed by atoms with Crippen LogP contribution in [-0.2, 0) is 68.7 Å². The number of aromatic amines is 1. The first-order valence-electron chi connectivity index (χ1n) is 28.4. The number of ether oxygens (including phenoxy) is 4. The van der Waals surface area contributed by atoms with E-state index in [0.717, 1.165) is 62.2 Å². The molecule has 97 heavy (non-hydrogen) atoms. The van der Waals surface area contributed by atoms with E-state index in [9.17, 15) is 80.3 Å². The van der Waals surface area contributed by atoms with E-state index in [1.165, 1.54) is 74.4 Å². The first-order chi connectivity index (χ1) is 45.4. The van der Waals surface area contributed by atoms with Crippen molar-refractivity contribution in [1.29, 1.82) is 0 Å².